The number of aldehydes is 1. The Morgan fingerprint density at radius 3 is 1.94 bits per heavy atom. The first-order valence-corrected chi connectivity index (χ1v) is 20.8. The van der Waals surface area contributed by atoms with Gasteiger partial charge in [0, 0.05) is 43.5 Å². The van der Waals surface area contributed by atoms with Crippen LogP contribution in [0, 0.1) is 35.0 Å². The summed E-state index contributed by atoms with van der Waals surface area (Å²) in [5.74, 6) is 10.3. The molecule has 3 unspecified atom stereocenters. The number of carbonyl (C=O) groups is 1. The van der Waals surface area contributed by atoms with Crippen LogP contribution >= 0.6 is 0 Å². The Balaban J connectivity index is -0.000000280. The molecule has 2 bridgehead atoms. The van der Waals surface area contributed by atoms with Crippen molar-refractivity contribution in [3.63, 3.8) is 0 Å². The van der Waals surface area contributed by atoms with E-state index in [9.17, 15) is 4.79 Å². The molecule has 3 aliphatic carbocycles. The molecule has 1 saturated carbocycles. The number of hydrogen-bond acceptors (Lipinski definition) is 5. The van der Waals surface area contributed by atoms with Crippen LogP contribution in [0.1, 0.15) is 172 Å². The minimum absolute atomic E-state index is 0.545. The summed E-state index contributed by atoms with van der Waals surface area (Å²) >= 11 is 0. The van der Waals surface area contributed by atoms with E-state index in [4.69, 9.17) is 5.73 Å². The smallest absolute Gasteiger partial charge is 0.163 e. The minimum atomic E-state index is 0.545. The summed E-state index contributed by atoms with van der Waals surface area (Å²) < 4.78 is 0. The molecule has 0 aromatic heterocycles. The molecule has 3 aliphatic rings. The highest BCUT2D eigenvalue weighted by Gasteiger charge is 2.47. The summed E-state index contributed by atoms with van der Waals surface area (Å²) in [5.41, 5.74) is 11.4. The van der Waals surface area contributed by atoms with E-state index in [1.807, 2.05) is 20.9 Å². The van der Waals surface area contributed by atoms with Crippen LogP contribution in [-0.2, 0) is 4.79 Å². The zero-order valence-corrected chi connectivity index (χ0v) is 36.1. The summed E-state index contributed by atoms with van der Waals surface area (Å²) in [6.07, 6.45) is 22.6. The Morgan fingerprint density at radius 2 is 1.54 bits per heavy atom. The van der Waals surface area contributed by atoms with Gasteiger partial charge in [-0.1, -0.05) is 146 Å². The molecular formula is C43H90BN5O. The van der Waals surface area contributed by atoms with Gasteiger partial charge in [0.05, 0.1) is 5.84 Å². The van der Waals surface area contributed by atoms with E-state index in [2.05, 4.69) is 95.1 Å². The van der Waals surface area contributed by atoms with E-state index >= 15 is 0 Å². The number of likely N-dealkylation sites (N-methyl/N-ethyl adjacent to an activating group) is 1. The van der Waals surface area contributed by atoms with Crippen LogP contribution in [0.25, 0.3) is 0 Å². The number of unbranched alkanes of at least 4 members (excludes halogenated alkanes) is 10. The number of nitrogens with two attached hydrogens (primary N) is 2. The molecule has 0 spiro atoms. The minimum Gasteiger partial charge on any atom is -0.392 e. The quantitative estimate of drug-likeness (QED) is 0.0238. The Hall–Kier alpha value is -1.78. The van der Waals surface area contributed by atoms with Gasteiger partial charge in [0.1, 0.15) is 6.29 Å². The summed E-state index contributed by atoms with van der Waals surface area (Å²) in [5, 5.41) is 6.66. The normalized spacial score (nSPS) is 16.7. The van der Waals surface area contributed by atoms with Crippen LogP contribution in [0.2, 0.25) is 13.1 Å². The largest absolute Gasteiger partial charge is 0.392 e. The van der Waals surface area contributed by atoms with E-state index in [1.165, 1.54) is 90.4 Å². The summed E-state index contributed by atoms with van der Waals surface area (Å²) in [6, 6.07) is 0. The van der Waals surface area contributed by atoms with Crippen LogP contribution in [-0.4, -0.2) is 52.0 Å². The predicted molar refractivity (Wildman–Crippen MR) is 230 cm³/mol. The monoisotopic (exact) mass is 704 g/mol. The lowest BCUT2D eigenvalue weighted by Gasteiger charge is -2.49. The van der Waals surface area contributed by atoms with E-state index < -0.39 is 0 Å². The van der Waals surface area contributed by atoms with Crippen molar-refractivity contribution in [1.82, 2.24) is 10.6 Å². The first-order chi connectivity index (χ1) is 23.9. The number of aliphatic imine (C=N–C) groups is 1. The number of fused-ring (bicyclic) bond motifs is 2. The molecule has 296 valence electrons. The average Bonchev–Trinajstić information content (AvgIpc) is 3.46. The molecule has 3 rings (SSSR count). The number of hydrogen-bond donors (Lipinski definition) is 4. The maximum atomic E-state index is 10.0. The van der Waals surface area contributed by atoms with Crippen molar-refractivity contribution in [1.29, 1.82) is 0 Å². The lowest BCUT2D eigenvalue weighted by atomic mass is 9.43. The van der Waals surface area contributed by atoms with Gasteiger partial charge in [0.15, 0.2) is 6.71 Å². The fourth-order valence-corrected chi connectivity index (χ4v) is 5.95. The highest BCUT2D eigenvalue weighted by atomic mass is 16.1. The van der Waals surface area contributed by atoms with Crippen molar-refractivity contribution in [2.24, 2.45) is 39.6 Å². The SMILES string of the molecule is C=C(CNC)NC(CC(C)C)B(C)CC.CC.CC1(C)C2C#CCCC1C2.CCCCCCCCCCCCC=O.CCCN=C(C)N.CN. The van der Waals surface area contributed by atoms with Crippen molar-refractivity contribution < 1.29 is 4.79 Å². The Labute approximate surface area is 315 Å². The van der Waals surface area contributed by atoms with Crippen molar-refractivity contribution in [2.75, 3.05) is 27.2 Å². The standard InChI is InChI=1S/C13H26O.C12H27BN2.C10H14.C5H12N2.C2H6.CH5N/c1-2-3-4-5-6-7-8-9-10-11-12-13-14;1-7-13(5)12(8-10(2)3)15-11(4)9-14-6;1-10(2)8-5-3-4-6-9(10)7-8;1-3-4-7-5(2)6;2*1-2/h13H,2-12H2,1H3;10,12,14-15H,4,7-9H2,1-3,5-6H3;8-9H,3,5,7H2,1-2H3;3-4H2,1-2H3,(H2,6,7);1-2H3;2H2,1H3. The molecular weight excluding hydrogens is 613 g/mol. The van der Waals surface area contributed by atoms with Gasteiger partial charge in [-0.15, -0.1) is 5.92 Å². The zero-order valence-electron chi connectivity index (χ0n) is 36.1. The highest BCUT2D eigenvalue weighted by Crippen LogP contribution is 2.53. The number of rotatable bonds is 21. The second kappa shape index (κ2) is 40.0. The van der Waals surface area contributed by atoms with Crippen molar-refractivity contribution in [3.05, 3.63) is 12.3 Å². The van der Waals surface area contributed by atoms with Crippen molar-refractivity contribution in [2.45, 2.75) is 191 Å². The predicted octanol–water partition coefficient (Wildman–Crippen LogP) is 10.7. The van der Waals surface area contributed by atoms with Gasteiger partial charge in [-0.3, -0.25) is 4.99 Å². The first kappa shape index (κ1) is 55.0. The molecule has 0 heterocycles. The van der Waals surface area contributed by atoms with Gasteiger partial charge in [-0.05, 0) is 70.4 Å². The van der Waals surface area contributed by atoms with Crippen molar-refractivity contribution in [3.8, 4) is 11.8 Å². The van der Waals surface area contributed by atoms with Crippen LogP contribution in [0.15, 0.2) is 17.3 Å². The molecule has 3 atom stereocenters. The highest BCUT2D eigenvalue weighted by molar-refractivity contribution is 6.59. The number of nitrogens with zero attached hydrogens (tertiary/aromatic N) is 1. The third kappa shape index (κ3) is 33.4. The lowest BCUT2D eigenvalue weighted by molar-refractivity contribution is -0.107. The van der Waals surface area contributed by atoms with Crippen LogP contribution < -0.4 is 22.1 Å². The first-order valence-electron chi connectivity index (χ1n) is 20.8. The molecule has 6 nitrogen and oxygen atoms in total. The second-order valence-electron chi connectivity index (χ2n) is 14.7. The summed E-state index contributed by atoms with van der Waals surface area (Å²) in [6.45, 7) is 30.4. The van der Waals surface area contributed by atoms with E-state index in [-0.39, 0.29) is 0 Å². The second-order valence-corrected chi connectivity index (χ2v) is 14.7. The number of nitrogens with one attached hydrogen (secondary N) is 2. The molecule has 7 heteroatoms. The molecule has 0 radical (unpaired) electrons. The van der Waals surface area contributed by atoms with Gasteiger partial charge in [0.25, 0.3) is 0 Å². The Kier molecular flexibility index (Phi) is 44.0. The molecule has 0 saturated heterocycles. The average molecular weight is 704 g/mol. The van der Waals surface area contributed by atoms with Gasteiger partial charge < -0.3 is 26.9 Å². The molecule has 6 N–H and O–H groups in total. The zero-order chi connectivity index (χ0) is 39.2. The van der Waals surface area contributed by atoms with Crippen LogP contribution in [0.5, 0.6) is 0 Å². The lowest BCUT2D eigenvalue weighted by Crippen LogP contribution is -2.43. The van der Waals surface area contributed by atoms with E-state index in [0.29, 0.717) is 23.9 Å². The molecule has 0 amide bonds. The molecule has 0 aliphatic heterocycles. The van der Waals surface area contributed by atoms with Gasteiger partial charge in [0.2, 0.25) is 0 Å². The molecule has 50 heavy (non-hydrogen) atoms. The molecule has 0 aromatic carbocycles. The van der Waals surface area contributed by atoms with Crippen LogP contribution in [0.4, 0.5) is 0 Å². The summed E-state index contributed by atoms with van der Waals surface area (Å²) in [4.78, 5) is 14.0. The molecule has 1 fully saturated rings. The summed E-state index contributed by atoms with van der Waals surface area (Å²) in [7, 11) is 3.45. The fourth-order valence-electron chi connectivity index (χ4n) is 5.95. The Bertz CT molecular complexity index is 827. The maximum Gasteiger partial charge on any atom is 0.163 e. The number of amidine groups is 1. The third-order valence-corrected chi connectivity index (χ3v) is 9.46. The van der Waals surface area contributed by atoms with Crippen LogP contribution in [0.3, 0.4) is 0 Å². The van der Waals surface area contributed by atoms with Gasteiger partial charge in [-0.25, -0.2) is 0 Å². The third-order valence-electron chi connectivity index (χ3n) is 9.46. The Morgan fingerprint density at radius 1 is 1.00 bits per heavy atom. The molecule has 0 aromatic rings. The van der Waals surface area contributed by atoms with Gasteiger partial charge in [-0.2, -0.15) is 0 Å². The topological polar surface area (TPSA) is 106 Å². The van der Waals surface area contributed by atoms with E-state index in [1.54, 1.807) is 6.92 Å². The fraction of sp³-hybridized carbons (Fsp3) is 0.860. The number of carbonyl (C=O) groups excluding carboxylic acids is 1. The van der Waals surface area contributed by atoms with Gasteiger partial charge >= 0.3 is 0 Å². The van der Waals surface area contributed by atoms with Crippen molar-refractivity contribution >= 4 is 18.8 Å². The van der Waals surface area contributed by atoms with E-state index in [0.717, 1.165) is 68.5 Å². The maximum absolute atomic E-state index is 10.0.